The predicted octanol–water partition coefficient (Wildman–Crippen LogP) is 6.26. The molecule has 0 bridgehead atoms. The van der Waals surface area contributed by atoms with E-state index in [0.717, 1.165) is 32.9 Å². The molecule has 2 aromatic rings. The van der Waals surface area contributed by atoms with Crippen LogP contribution >= 0.6 is 46.0 Å². The minimum atomic E-state index is -0.245. The van der Waals surface area contributed by atoms with E-state index in [2.05, 4.69) is 9.80 Å². The lowest BCUT2D eigenvalue weighted by molar-refractivity contribution is 0.450. The summed E-state index contributed by atoms with van der Waals surface area (Å²) in [6.07, 6.45) is 0. The van der Waals surface area contributed by atoms with Crippen molar-refractivity contribution in [1.82, 2.24) is 9.80 Å². The van der Waals surface area contributed by atoms with Crippen molar-refractivity contribution in [2.75, 3.05) is 13.1 Å². The van der Waals surface area contributed by atoms with Gasteiger partial charge < -0.3 is 9.80 Å². The van der Waals surface area contributed by atoms with Crippen LogP contribution in [0.2, 0.25) is 0 Å². The van der Waals surface area contributed by atoms with Crippen LogP contribution in [-0.2, 0) is 13.1 Å². The molecule has 0 aliphatic carbocycles. The Kier molecular flexibility index (Phi) is 9.64. The fraction of sp³-hybridized carbons (Fsp3) is 0.300. The molecule has 0 N–H and O–H groups in total. The van der Waals surface area contributed by atoms with E-state index in [0.29, 0.717) is 13.1 Å². The predicted molar refractivity (Wildman–Crippen MR) is 125 cm³/mol. The molecular weight excluding hydrogens is 434 g/mol. The summed E-state index contributed by atoms with van der Waals surface area (Å²) in [6.45, 7) is 6.83. The van der Waals surface area contributed by atoms with Gasteiger partial charge in [0.05, 0.1) is 0 Å². The van der Waals surface area contributed by atoms with E-state index in [1.807, 2.05) is 13.8 Å². The maximum Gasteiger partial charge on any atom is 0.147 e. The van der Waals surface area contributed by atoms with E-state index in [4.69, 9.17) is 24.4 Å². The minimum absolute atomic E-state index is 0.245. The molecule has 2 nitrogen and oxygen atoms in total. The van der Waals surface area contributed by atoms with Crippen LogP contribution in [0.1, 0.15) is 25.0 Å². The Morgan fingerprint density at radius 2 is 1.04 bits per heavy atom. The summed E-state index contributed by atoms with van der Waals surface area (Å²) in [4.78, 5) is 4.11. The van der Waals surface area contributed by atoms with Crippen molar-refractivity contribution in [1.29, 1.82) is 0 Å². The van der Waals surface area contributed by atoms with Crippen molar-refractivity contribution in [2.24, 2.45) is 0 Å². The Hall–Kier alpha value is -1.22. The summed E-state index contributed by atoms with van der Waals surface area (Å²) >= 11 is 11.1. The molecule has 150 valence electrons. The lowest BCUT2D eigenvalue weighted by atomic mass is 10.2. The summed E-state index contributed by atoms with van der Waals surface area (Å²) in [5.74, 6) is -0.490. The normalized spacial score (nSPS) is 10.6. The number of thiocarbonyl (C=S) groups is 2. The van der Waals surface area contributed by atoms with Gasteiger partial charge in [-0.25, -0.2) is 8.78 Å². The van der Waals surface area contributed by atoms with Crippen LogP contribution in [-0.4, -0.2) is 31.5 Å². The summed E-state index contributed by atoms with van der Waals surface area (Å²) in [7, 11) is 2.91. The van der Waals surface area contributed by atoms with Gasteiger partial charge in [0, 0.05) is 26.2 Å². The molecule has 0 saturated heterocycles. The monoisotopic (exact) mass is 456 g/mol. The largest absolute Gasteiger partial charge is 0.353 e. The molecule has 2 aromatic carbocycles. The highest BCUT2D eigenvalue weighted by atomic mass is 33.1. The molecule has 0 atom stereocenters. The maximum atomic E-state index is 13.1. The van der Waals surface area contributed by atoms with Gasteiger partial charge in [-0.3, -0.25) is 0 Å². The zero-order valence-electron chi connectivity index (χ0n) is 15.7. The molecule has 0 radical (unpaired) electrons. The van der Waals surface area contributed by atoms with E-state index in [-0.39, 0.29) is 11.6 Å². The van der Waals surface area contributed by atoms with E-state index in [9.17, 15) is 8.78 Å². The Labute approximate surface area is 184 Å². The molecule has 8 heteroatoms. The number of hydrogen-bond acceptors (Lipinski definition) is 4. The molecule has 0 spiro atoms. The number of rotatable bonds is 6. The zero-order valence-corrected chi connectivity index (χ0v) is 19.0. The molecule has 28 heavy (non-hydrogen) atoms. The van der Waals surface area contributed by atoms with E-state index >= 15 is 0 Å². The standard InChI is InChI=1S/C20H22F2N2S4/c1-3-23(13-15-5-9-17(21)10-6-15)19(25)27-28-20(26)24(4-2)14-16-7-11-18(22)12-8-16/h5-12H,3-4,13-14H2,1-2H3. The second-order valence-electron chi connectivity index (χ2n) is 5.98. The zero-order chi connectivity index (χ0) is 20.5. The summed E-state index contributed by atoms with van der Waals surface area (Å²) in [5.41, 5.74) is 2.01. The second kappa shape index (κ2) is 11.7. The smallest absolute Gasteiger partial charge is 0.147 e. The van der Waals surface area contributed by atoms with Gasteiger partial charge >= 0.3 is 0 Å². The number of nitrogens with zero attached hydrogens (tertiary/aromatic N) is 2. The molecule has 0 aromatic heterocycles. The third-order valence-electron chi connectivity index (χ3n) is 4.04. The summed E-state index contributed by atoms with van der Waals surface area (Å²) < 4.78 is 27.6. The molecule has 0 aliphatic heterocycles. The van der Waals surface area contributed by atoms with Crippen LogP contribution in [0.25, 0.3) is 0 Å². The lowest BCUT2D eigenvalue weighted by Gasteiger charge is -2.25. The van der Waals surface area contributed by atoms with Crippen LogP contribution in [0.4, 0.5) is 8.78 Å². The van der Waals surface area contributed by atoms with E-state index in [1.54, 1.807) is 24.3 Å². The van der Waals surface area contributed by atoms with Gasteiger partial charge in [0.2, 0.25) is 0 Å². The molecule has 0 fully saturated rings. The van der Waals surface area contributed by atoms with Crippen LogP contribution in [0, 0.1) is 11.6 Å². The molecule has 0 heterocycles. The molecular formula is C20H22F2N2S4. The minimum Gasteiger partial charge on any atom is -0.353 e. The van der Waals surface area contributed by atoms with Gasteiger partial charge in [-0.05, 0) is 70.8 Å². The van der Waals surface area contributed by atoms with Gasteiger partial charge in [0.15, 0.2) is 0 Å². The van der Waals surface area contributed by atoms with Crippen LogP contribution in [0.15, 0.2) is 48.5 Å². The third-order valence-corrected chi connectivity index (χ3v) is 7.77. The van der Waals surface area contributed by atoms with Crippen molar-refractivity contribution in [3.8, 4) is 0 Å². The Morgan fingerprint density at radius 1 is 0.714 bits per heavy atom. The van der Waals surface area contributed by atoms with Gasteiger partial charge in [-0.15, -0.1) is 0 Å². The van der Waals surface area contributed by atoms with Crippen molar-refractivity contribution >= 4 is 54.7 Å². The van der Waals surface area contributed by atoms with E-state index in [1.165, 1.54) is 45.9 Å². The quantitative estimate of drug-likeness (QED) is 0.371. The van der Waals surface area contributed by atoms with Gasteiger partial charge in [0.1, 0.15) is 20.3 Å². The molecule has 0 amide bonds. The van der Waals surface area contributed by atoms with Crippen molar-refractivity contribution in [3.63, 3.8) is 0 Å². The highest BCUT2D eigenvalue weighted by molar-refractivity contribution is 8.89. The number of hydrogen-bond donors (Lipinski definition) is 0. The summed E-state index contributed by atoms with van der Waals surface area (Å²) in [5, 5.41) is 0. The molecule has 0 saturated carbocycles. The Morgan fingerprint density at radius 3 is 1.32 bits per heavy atom. The fourth-order valence-electron chi connectivity index (χ4n) is 2.41. The highest BCUT2D eigenvalue weighted by Gasteiger charge is 2.14. The first kappa shape index (κ1) is 23.1. The maximum absolute atomic E-state index is 13.1. The Balaban J connectivity index is 1.88. The van der Waals surface area contributed by atoms with E-state index < -0.39 is 0 Å². The lowest BCUT2D eigenvalue weighted by Crippen LogP contribution is -2.28. The SMILES string of the molecule is CCN(Cc1ccc(F)cc1)C(=S)SSC(=S)N(CC)Cc1ccc(F)cc1. The number of benzene rings is 2. The van der Waals surface area contributed by atoms with Crippen LogP contribution in [0.5, 0.6) is 0 Å². The first-order valence-electron chi connectivity index (χ1n) is 8.84. The average Bonchev–Trinajstić information content (AvgIpc) is 2.70. The van der Waals surface area contributed by atoms with Gasteiger partial charge in [0.25, 0.3) is 0 Å². The number of halogens is 2. The second-order valence-corrected chi connectivity index (χ2v) is 9.38. The first-order valence-corrected chi connectivity index (χ1v) is 11.8. The molecule has 2 rings (SSSR count). The highest BCUT2D eigenvalue weighted by Crippen LogP contribution is 2.29. The topological polar surface area (TPSA) is 6.48 Å². The molecule has 0 unspecified atom stereocenters. The average molecular weight is 457 g/mol. The van der Waals surface area contributed by atoms with Crippen LogP contribution < -0.4 is 0 Å². The summed E-state index contributed by atoms with van der Waals surface area (Å²) in [6, 6.07) is 12.9. The van der Waals surface area contributed by atoms with Crippen molar-refractivity contribution in [3.05, 3.63) is 71.3 Å². The third kappa shape index (κ3) is 7.31. The Bertz CT molecular complexity index is 714. The van der Waals surface area contributed by atoms with Gasteiger partial charge in [-0.2, -0.15) is 0 Å². The van der Waals surface area contributed by atoms with Crippen molar-refractivity contribution in [2.45, 2.75) is 26.9 Å². The van der Waals surface area contributed by atoms with Gasteiger partial charge in [-0.1, -0.05) is 48.7 Å². The fourth-order valence-corrected chi connectivity index (χ4v) is 5.21. The van der Waals surface area contributed by atoms with Crippen molar-refractivity contribution < 1.29 is 8.78 Å². The van der Waals surface area contributed by atoms with Crippen LogP contribution in [0.3, 0.4) is 0 Å². The first-order chi connectivity index (χ1) is 13.4. The molecule has 0 aliphatic rings.